The van der Waals surface area contributed by atoms with Gasteiger partial charge in [0, 0.05) is 11.5 Å². The predicted octanol–water partition coefficient (Wildman–Crippen LogP) is 6.06. The molecule has 5 rings (SSSR count). The minimum absolute atomic E-state index is 0.0443. The summed E-state index contributed by atoms with van der Waals surface area (Å²) >= 11 is 0. The molecular formula is C31H38F3NO4. The smallest absolute Gasteiger partial charge is 0.416 e. The van der Waals surface area contributed by atoms with Gasteiger partial charge in [0.1, 0.15) is 0 Å². The lowest BCUT2D eigenvalue weighted by Crippen LogP contribution is -2.52. The lowest BCUT2D eigenvalue weighted by atomic mass is 9.48. The minimum atomic E-state index is -4.86. The molecule has 1 aromatic rings. The summed E-state index contributed by atoms with van der Waals surface area (Å²) in [6.45, 7) is 4.44. The van der Waals surface area contributed by atoms with Crippen molar-refractivity contribution in [2.75, 3.05) is 7.11 Å². The molecule has 2 saturated carbocycles. The Morgan fingerprint density at radius 2 is 1.79 bits per heavy atom. The number of carbonyl (C=O) groups is 2. The van der Waals surface area contributed by atoms with E-state index in [2.05, 4.69) is 25.2 Å². The first-order chi connectivity index (χ1) is 18.4. The van der Waals surface area contributed by atoms with Gasteiger partial charge in [0.2, 0.25) is 5.91 Å². The molecule has 8 heteroatoms. The highest BCUT2D eigenvalue weighted by Crippen LogP contribution is 2.66. The van der Waals surface area contributed by atoms with E-state index in [1.54, 1.807) is 18.2 Å². The lowest BCUT2D eigenvalue weighted by Gasteiger charge is -2.57. The third-order valence-electron chi connectivity index (χ3n) is 10.6. The lowest BCUT2D eigenvalue weighted by molar-refractivity contribution is -0.213. The number of hydrogen-bond donors (Lipinski definition) is 2. The molecule has 1 aromatic carbocycles. The Hall–Kier alpha value is -2.61. The van der Waals surface area contributed by atoms with Gasteiger partial charge in [0.15, 0.2) is 6.10 Å². The van der Waals surface area contributed by atoms with Crippen molar-refractivity contribution < 1.29 is 32.6 Å². The highest BCUT2D eigenvalue weighted by Gasteiger charge is 2.60. The Labute approximate surface area is 227 Å². The Morgan fingerprint density at radius 1 is 1.08 bits per heavy atom. The molecule has 0 spiro atoms. The summed E-state index contributed by atoms with van der Waals surface area (Å²) in [5, 5.41) is 12.8. The van der Waals surface area contributed by atoms with E-state index in [1.807, 2.05) is 6.08 Å². The van der Waals surface area contributed by atoms with Crippen molar-refractivity contribution in [3.8, 4) is 0 Å². The summed E-state index contributed by atoms with van der Waals surface area (Å²) < 4.78 is 45.7. The van der Waals surface area contributed by atoms with Crippen LogP contribution in [0.2, 0.25) is 0 Å². The molecule has 0 radical (unpaired) electrons. The minimum Gasteiger partial charge on any atom is -0.466 e. The van der Waals surface area contributed by atoms with Crippen LogP contribution in [0.25, 0.3) is 0 Å². The number of allylic oxidation sites excluding steroid dienone is 3. The standard InChI is InChI=1S/C31H38F3NO4/c1-29-15-13-19(28(38)39-3)17-20(29)9-10-21-22-11-12-24(30(22,2)16-14-23(21)29)27(37)35-25(26(36)31(32,33)34)18-7-5-4-6-8-18/h4-9,17,21-26,36H,10-16H2,1-3H3,(H,35,37)/t21-,22-,23-,24+,25?,26?,29-,30-/m0/s1. The number of halogens is 3. The monoisotopic (exact) mass is 545 g/mol. The molecule has 0 heterocycles. The van der Waals surface area contributed by atoms with E-state index >= 15 is 0 Å². The summed E-state index contributed by atoms with van der Waals surface area (Å²) in [5.41, 5.74) is 1.79. The third-order valence-corrected chi connectivity index (χ3v) is 10.6. The van der Waals surface area contributed by atoms with E-state index in [9.17, 15) is 27.9 Å². The van der Waals surface area contributed by atoms with Gasteiger partial charge in [-0.05, 0) is 90.7 Å². The van der Waals surface area contributed by atoms with Crippen LogP contribution in [0.15, 0.2) is 53.6 Å². The zero-order valence-corrected chi connectivity index (χ0v) is 22.8. The largest absolute Gasteiger partial charge is 0.466 e. The predicted molar refractivity (Wildman–Crippen MR) is 140 cm³/mol. The molecule has 4 aliphatic rings. The Balaban J connectivity index is 1.37. The van der Waals surface area contributed by atoms with Gasteiger partial charge in [-0.2, -0.15) is 13.2 Å². The third kappa shape index (κ3) is 4.72. The molecule has 1 amide bonds. The van der Waals surface area contributed by atoms with Crippen LogP contribution in [-0.2, 0) is 14.3 Å². The average Bonchev–Trinajstić information content (AvgIpc) is 3.27. The molecule has 4 aliphatic carbocycles. The molecule has 5 nitrogen and oxygen atoms in total. The molecule has 2 fully saturated rings. The van der Waals surface area contributed by atoms with Crippen molar-refractivity contribution in [3.05, 3.63) is 59.2 Å². The second-order valence-electron chi connectivity index (χ2n) is 12.4. The summed E-state index contributed by atoms with van der Waals surface area (Å²) in [6.07, 6.45) is 2.38. The van der Waals surface area contributed by atoms with Crippen molar-refractivity contribution in [1.82, 2.24) is 5.32 Å². The molecule has 2 unspecified atom stereocenters. The van der Waals surface area contributed by atoms with Gasteiger partial charge >= 0.3 is 12.1 Å². The first-order valence-corrected chi connectivity index (χ1v) is 14.0. The Bertz CT molecular complexity index is 1180. The number of benzene rings is 1. The van der Waals surface area contributed by atoms with Gasteiger partial charge in [0.25, 0.3) is 0 Å². The number of esters is 1. The Kier molecular flexibility index (Phi) is 7.23. The van der Waals surface area contributed by atoms with E-state index in [1.165, 1.54) is 24.8 Å². The van der Waals surface area contributed by atoms with Crippen molar-refractivity contribution in [3.63, 3.8) is 0 Å². The van der Waals surface area contributed by atoms with Crippen LogP contribution in [0.3, 0.4) is 0 Å². The van der Waals surface area contributed by atoms with Gasteiger partial charge in [-0.1, -0.05) is 50.3 Å². The van der Waals surface area contributed by atoms with Crippen LogP contribution in [0, 0.1) is 34.5 Å². The number of ether oxygens (including phenoxy) is 1. The summed E-state index contributed by atoms with van der Waals surface area (Å²) in [5.74, 6) is 0.00867. The van der Waals surface area contributed by atoms with Crippen LogP contribution in [0.5, 0.6) is 0 Å². The van der Waals surface area contributed by atoms with Gasteiger partial charge in [-0.15, -0.1) is 0 Å². The van der Waals surface area contributed by atoms with E-state index in [4.69, 9.17) is 4.74 Å². The maximum absolute atomic E-state index is 13.6. The van der Waals surface area contributed by atoms with Gasteiger partial charge in [0.05, 0.1) is 13.2 Å². The number of alkyl halides is 3. The number of amides is 1. The number of hydrogen-bond acceptors (Lipinski definition) is 4. The van der Waals surface area contributed by atoms with Crippen LogP contribution in [0.4, 0.5) is 13.2 Å². The van der Waals surface area contributed by atoms with Crippen molar-refractivity contribution in [2.24, 2.45) is 34.5 Å². The Morgan fingerprint density at radius 3 is 2.46 bits per heavy atom. The summed E-state index contributed by atoms with van der Waals surface area (Å²) in [7, 11) is 1.41. The summed E-state index contributed by atoms with van der Waals surface area (Å²) in [6, 6.07) is 6.33. The highest BCUT2D eigenvalue weighted by molar-refractivity contribution is 5.89. The first-order valence-electron chi connectivity index (χ1n) is 14.0. The number of carbonyl (C=O) groups excluding carboxylic acids is 2. The molecule has 0 aromatic heterocycles. The maximum atomic E-state index is 13.6. The fraction of sp³-hybridized carbons (Fsp3) is 0.613. The number of fused-ring (bicyclic) bond motifs is 5. The fourth-order valence-corrected chi connectivity index (χ4v) is 8.50. The topological polar surface area (TPSA) is 75.6 Å². The molecule has 39 heavy (non-hydrogen) atoms. The second-order valence-corrected chi connectivity index (χ2v) is 12.4. The van der Waals surface area contributed by atoms with E-state index < -0.39 is 30.1 Å². The van der Waals surface area contributed by atoms with Crippen molar-refractivity contribution in [2.45, 2.75) is 77.1 Å². The van der Waals surface area contributed by atoms with Crippen LogP contribution in [0.1, 0.15) is 70.4 Å². The summed E-state index contributed by atoms with van der Waals surface area (Å²) in [4.78, 5) is 25.8. The zero-order chi connectivity index (χ0) is 28.2. The van der Waals surface area contributed by atoms with E-state index in [-0.39, 0.29) is 28.3 Å². The molecular weight excluding hydrogens is 507 g/mol. The van der Waals surface area contributed by atoms with Gasteiger partial charge in [-0.25, -0.2) is 4.79 Å². The molecule has 8 atom stereocenters. The number of aliphatic hydroxyl groups is 1. The SMILES string of the molecule is COC(=O)C1=CC2=CC[C@H]3[C@@H]4CC[C@H](C(=O)NC(c5ccccc5)C(O)C(F)(F)F)[C@@]4(C)CC[C@@H]3[C@@]2(C)CC1. The quantitative estimate of drug-likeness (QED) is 0.442. The maximum Gasteiger partial charge on any atom is 0.416 e. The average molecular weight is 546 g/mol. The molecule has 2 N–H and O–H groups in total. The normalized spacial score (nSPS) is 35.4. The molecule has 0 saturated heterocycles. The highest BCUT2D eigenvalue weighted by atomic mass is 19.4. The van der Waals surface area contributed by atoms with Crippen LogP contribution >= 0.6 is 0 Å². The number of methoxy groups -OCH3 is 1. The van der Waals surface area contributed by atoms with Gasteiger partial charge < -0.3 is 15.2 Å². The zero-order valence-electron chi connectivity index (χ0n) is 22.8. The van der Waals surface area contributed by atoms with E-state index in [0.29, 0.717) is 30.3 Å². The van der Waals surface area contributed by atoms with Crippen molar-refractivity contribution >= 4 is 11.9 Å². The van der Waals surface area contributed by atoms with Crippen molar-refractivity contribution in [1.29, 1.82) is 0 Å². The van der Waals surface area contributed by atoms with Crippen LogP contribution in [-0.4, -0.2) is 36.4 Å². The first kappa shape index (κ1) is 27.9. The van der Waals surface area contributed by atoms with Crippen LogP contribution < -0.4 is 5.32 Å². The molecule has 0 aliphatic heterocycles. The van der Waals surface area contributed by atoms with Gasteiger partial charge in [-0.3, -0.25) is 4.79 Å². The van der Waals surface area contributed by atoms with E-state index in [0.717, 1.165) is 32.1 Å². The number of rotatable bonds is 5. The second kappa shape index (κ2) is 10.1. The number of aliphatic hydroxyl groups excluding tert-OH is 1. The fourth-order valence-electron chi connectivity index (χ4n) is 8.50. The number of nitrogens with one attached hydrogen (secondary N) is 1. The molecule has 0 bridgehead atoms. The molecule has 212 valence electrons.